The fourth-order valence-electron chi connectivity index (χ4n) is 2.08. The highest BCUT2D eigenvalue weighted by atomic mass is 19.4. The summed E-state index contributed by atoms with van der Waals surface area (Å²) in [5.74, 6) is -0.993. The van der Waals surface area contributed by atoms with E-state index in [2.05, 4.69) is 5.32 Å². The summed E-state index contributed by atoms with van der Waals surface area (Å²) in [6.07, 6.45) is -4.38. The number of anilines is 1. The van der Waals surface area contributed by atoms with Gasteiger partial charge >= 0.3 is 12.1 Å². The minimum absolute atomic E-state index is 0.274. The molecule has 2 N–H and O–H groups in total. The van der Waals surface area contributed by atoms with E-state index in [0.29, 0.717) is 18.8 Å². The van der Waals surface area contributed by atoms with Gasteiger partial charge in [0.2, 0.25) is 0 Å². The van der Waals surface area contributed by atoms with Gasteiger partial charge in [-0.2, -0.15) is 13.2 Å². The third-order valence-electron chi connectivity index (χ3n) is 3.05. The minimum Gasteiger partial charge on any atom is -0.480 e. The van der Waals surface area contributed by atoms with Gasteiger partial charge in [0.15, 0.2) is 0 Å². The SMILES string of the molecule is O=C(O)C1CNCCN1c1ccc(C(F)(F)F)cc1. The van der Waals surface area contributed by atoms with E-state index in [-0.39, 0.29) is 6.54 Å². The van der Waals surface area contributed by atoms with Crippen molar-refractivity contribution in [1.82, 2.24) is 5.32 Å². The van der Waals surface area contributed by atoms with Crippen molar-refractivity contribution in [1.29, 1.82) is 0 Å². The minimum atomic E-state index is -4.38. The Kier molecular flexibility index (Phi) is 3.66. The number of benzene rings is 1. The molecule has 0 bridgehead atoms. The predicted octanol–water partition coefficient (Wildman–Crippen LogP) is 1.57. The standard InChI is InChI=1S/C12H13F3N2O2/c13-12(14,15)8-1-3-9(4-2-8)17-6-5-16-7-10(17)11(18)19/h1-4,10,16H,5-7H2,(H,18,19). The zero-order valence-corrected chi connectivity index (χ0v) is 9.94. The van der Waals surface area contributed by atoms with Gasteiger partial charge in [-0.3, -0.25) is 0 Å². The van der Waals surface area contributed by atoms with Crippen LogP contribution < -0.4 is 10.2 Å². The largest absolute Gasteiger partial charge is 0.480 e. The predicted molar refractivity (Wildman–Crippen MR) is 63.1 cm³/mol. The topological polar surface area (TPSA) is 52.6 Å². The molecule has 0 saturated carbocycles. The summed E-state index contributed by atoms with van der Waals surface area (Å²) in [5, 5.41) is 12.0. The molecule has 1 heterocycles. The molecular formula is C12H13F3N2O2. The smallest absolute Gasteiger partial charge is 0.416 e. The summed E-state index contributed by atoms with van der Waals surface area (Å²) in [7, 11) is 0. The van der Waals surface area contributed by atoms with Crippen LogP contribution in [0.2, 0.25) is 0 Å². The Morgan fingerprint density at radius 2 is 1.95 bits per heavy atom. The molecule has 7 heteroatoms. The Hall–Kier alpha value is -1.76. The maximum atomic E-state index is 12.4. The second-order valence-electron chi connectivity index (χ2n) is 4.30. The maximum Gasteiger partial charge on any atom is 0.416 e. The number of piperazine rings is 1. The van der Waals surface area contributed by atoms with Crippen molar-refractivity contribution in [2.45, 2.75) is 12.2 Å². The molecule has 0 radical (unpaired) electrons. The average Bonchev–Trinajstić information content (AvgIpc) is 2.38. The number of halogens is 3. The molecule has 0 amide bonds. The molecule has 2 rings (SSSR count). The van der Waals surface area contributed by atoms with Gasteiger partial charge in [0.25, 0.3) is 0 Å². The third kappa shape index (κ3) is 2.98. The maximum absolute atomic E-state index is 12.4. The van der Waals surface area contributed by atoms with Gasteiger partial charge in [0.1, 0.15) is 6.04 Å². The number of aliphatic carboxylic acids is 1. The Balaban J connectivity index is 2.23. The van der Waals surface area contributed by atoms with E-state index >= 15 is 0 Å². The fraction of sp³-hybridized carbons (Fsp3) is 0.417. The Morgan fingerprint density at radius 1 is 1.32 bits per heavy atom. The van der Waals surface area contributed by atoms with Gasteiger partial charge in [0, 0.05) is 25.3 Å². The molecule has 19 heavy (non-hydrogen) atoms. The molecule has 0 aliphatic carbocycles. The molecule has 1 fully saturated rings. The molecule has 1 atom stereocenters. The van der Waals surface area contributed by atoms with Crippen LogP contribution in [0.5, 0.6) is 0 Å². The first-order chi connectivity index (χ1) is 8.89. The van der Waals surface area contributed by atoms with Crippen LogP contribution in [0.15, 0.2) is 24.3 Å². The highest BCUT2D eigenvalue weighted by molar-refractivity contribution is 5.79. The van der Waals surface area contributed by atoms with Crippen LogP contribution in [0, 0.1) is 0 Å². The second kappa shape index (κ2) is 5.08. The molecular weight excluding hydrogens is 261 g/mol. The average molecular weight is 274 g/mol. The van der Waals surface area contributed by atoms with Crippen LogP contribution in [-0.2, 0) is 11.0 Å². The summed E-state index contributed by atoms with van der Waals surface area (Å²) < 4.78 is 37.3. The zero-order chi connectivity index (χ0) is 14.0. The number of carboxylic acids is 1. The van der Waals surface area contributed by atoms with E-state index in [0.717, 1.165) is 12.1 Å². The summed E-state index contributed by atoms with van der Waals surface area (Å²) in [6, 6.07) is 3.80. The number of rotatable bonds is 2. The lowest BCUT2D eigenvalue weighted by Crippen LogP contribution is -2.55. The number of nitrogens with zero attached hydrogens (tertiary/aromatic N) is 1. The summed E-state index contributed by atoms with van der Waals surface area (Å²) in [6.45, 7) is 1.32. The number of hydrogen-bond acceptors (Lipinski definition) is 3. The lowest BCUT2D eigenvalue weighted by molar-refractivity contribution is -0.139. The van der Waals surface area contributed by atoms with Crippen LogP contribution >= 0.6 is 0 Å². The highest BCUT2D eigenvalue weighted by Crippen LogP contribution is 2.31. The Labute approximate surface area is 107 Å². The van der Waals surface area contributed by atoms with Crippen LogP contribution in [0.3, 0.4) is 0 Å². The summed E-state index contributed by atoms with van der Waals surface area (Å²) in [4.78, 5) is 12.7. The van der Waals surface area contributed by atoms with Gasteiger partial charge in [0.05, 0.1) is 5.56 Å². The molecule has 0 spiro atoms. The van der Waals surface area contributed by atoms with Crippen molar-refractivity contribution in [2.24, 2.45) is 0 Å². The number of carbonyl (C=O) groups is 1. The number of nitrogens with one attached hydrogen (secondary N) is 1. The van der Waals surface area contributed by atoms with Crippen molar-refractivity contribution >= 4 is 11.7 Å². The molecule has 1 aromatic carbocycles. The van der Waals surface area contributed by atoms with Gasteiger partial charge in [-0.05, 0) is 24.3 Å². The molecule has 0 aromatic heterocycles. The first-order valence-corrected chi connectivity index (χ1v) is 5.77. The lowest BCUT2D eigenvalue weighted by Gasteiger charge is -2.35. The van der Waals surface area contributed by atoms with E-state index in [1.165, 1.54) is 12.1 Å². The molecule has 104 valence electrons. The van der Waals surface area contributed by atoms with Gasteiger partial charge < -0.3 is 15.3 Å². The quantitative estimate of drug-likeness (QED) is 0.859. The van der Waals surface area contributed by atoms with Crippen LogP contribution in [0.25, 0.3) is 0 Å². The monoisotopic (exact) mass is 274 g/mol. The lowest BCUT2D eigenvalue weighted by atomic mass is 10.1. The first kappa shape index (κ1) is 13.7. The Morgan fingerprint density at radius 3 is 2.47 bits per heavy atom. The van der Waals surface area contributed by atoms with E-state index in [9.17, 15) is 18.0 Å². The van der Waals surface area contributed by atoms with Crippen molar-refractivity contribution in [3.05, 3.63) is 29.8 Å². The van der Waals surface area contributed by atoms with E-state index < -0.39 is 23.8 Å². The van der Waals surface area contributed by atoms with Gasteiger partial charge in [-0.25, -0.2) is 4.79 Å². The van der Waals surface area contributed by atoms with Crippen molar-refractivity contribution < 1.29 is 23.1 Å². The summed E-state index contributed by atoms with van der Waals surface area (Å²) in [5.41, 5.74) is -0.250. The highest BCUT2D eigenvalue weighted by Gasteiger charge is 2.32. The number of alkyl halides is 3. The van der Waals surface area contributed by atoms with Gasteiger partial charge in [-0.15, -0.1) is 0 Å². The normalized spacial score (nSPS) is 20.4. The molecule has 1 aliphatic heterocycles. The zero-order valence-electron chi connectivity index (χ0n) is 9.94. The molecule has 1 saturated heterocycles. The van der Waals surface area contributed by atoms with Crippen molar-refractivity contribution in [3.63, 3.8) is 0 Å². The fourth-order valence-corrected chi connectivity index (χ4v) is 2.08. The first-order valence-electron chi connectivity index (χ1n) is 5.77. The van der Waals surface area contributed by atoms with E-state index in [1.807, 2.05) is 0 Å². The number of carboxylic acid groups (broad SMARTS) is 1. The second-order valence-corrected chi connectivity index (χ2v) is 4.30. The Bertz CT molecular complexity index is 459. The molecule has 4 nitrogen and oxygen atoms in total. The third-order valence-corrected chi connectivity index (χ3v) is 3.05. The molecule has 1 aliphatic rings. The summed E-state index contributed by atoms with van der Waals surface area (Å²) >= 11 is 0. The van der Waals surface area contributed by atoms with Crippen molar-refractivity contribution in [3.8, 4) is 0 Å². The van der Waals surface area contributed by atoms with Gasteiger partial charge in [-0.1, -0.05) is 0 Å². The van der Waals surface area contributed by atoms with E-state index in [4.69, 9.17) is 5.11 Å². The molecule has 1 unspecified atom stereocenters. The van der Waals surface area contributed by atoms with Crippen LogP contribution in [0.1, 0.15) is 5.56 Å². The van der Waals surface area contributed by atoms with E-state index in [1.54, 1.807) is 4.90 Å². The number of hydrogen-bond donors (Lipinski definition) is 2. The molecule has 1 aromatic rings. The van der Waals surface area contributed by atoms with Crippen LogP contribution in [0.4, 0.5) is 18.9 Å². The van der Waals surface area contributed by atoms with Crippen molar-refractivity contribution in [2.75, 3.05) is 24.5 Å². The van der Waals surface area contributed by atoms with Crippen LogP contribution in [-0.4, -0.2) is 36.8 Å².